The van der Waals surface area contributed by atoms with E-state index in [-0.39, 0.29) is 0 Å². The Morgan fingerprint density at radius 1 is 1.50 bits per heavy atom. The van der Waals surface area contributed by atoms with E-state index in [1.54, 1.807) is 0 Å². The summed E-state index contributed by atoms with van der Waals surface area (Å²) in [6, 6.07) is 0. The zero-order valence-electron chi connectivity index (χ0n) is 6.93. The third-order valence-corrected chi connectivity index (χ3v) is 1.84. The molecule has 0 radical (unpaired) electrons. The van der Waals surface area contributed by atoms with E-state index in [1.807, 2.05) is 0 Å². The monoisotopic (exact) mass is 136 g/mol. The number of allylic oxidation sites excluding steroid dienone is 4. The second-order valence-electron chi connectivity index (χ2n) is 3.27. The molecule has 0 heteroatoms. The zero-order chi connectivity index (χ0) is 7.40. The highest BCUT2D eigenvalue weighted by atomic mass is 14.1. The van der Waals surface area contributed by atoms with E-state index >= 15 is 0 Å². The molecule has 0 N–H and O–H groups in total. The Kier molecular flexibility index (Phi) is 2.73. The molecule has 1 atom stereocenters. The molecule has 0 saturated carbocycles. The topological polar surface area (TPSA) is 0 Å². The average molecular weight is 136 g/mol. The first kappa shape index (κ1) is 7.59. The van der Waals surface area contributed by atoms with E-state index in [4.69, 9.17) is 0 Å². The normalized spacial score (nSPS) is 24.4. The van der Waals surface area contributed by atoms with Crippen molar-refractivity contribution >= 4 is 0 Å². The Morgan fingerprint density at radius 3 is 2.80 bits per heavy atom. The molecule has 0 heterocycles. The molecule has 10 heavy (non-hydrogen) atoms. The Labute approximate surface area is 63.6 Å². The molecule has 1 aliphatic rings. The van der Waals surface area contributed by atoms with Crippen LogP contribution in [0, 0.1) is 5.92 Å². The maximum atomic E-state index is 2.36. The van der Waals surface area contributed by atoms with Gasteiger partial charge in [-0.25, -0.2) is 0 Å². The van der Waals surface area contributed by atoms with Crippen LogP contribution >= 0.6 is 0 Å². The summed E-state index contributed by atoms with van der Waals surface area (Å²) in [7, 11) is 0. The van der Waals surface area contributed by atoms with E-state index in [9.17, 15) is 0 Å². The van der Waals surface area contributed by atoms with Crippen molar-refractivity contribution in [3.05, 3.63) is 23.8 Å². The van der Waals surface area contributed by atoms with Crippen LogP contribution < -0.4 is 0 Å². The quantitative estimate of drug-likeness (QED) is 0.485. The molecule has 0 nitrogen and oxygen atoms in total. The van der Waals surface area contributed by atoms with Crippen LogP contribution in [0.1, 0.15) is 33.1 Å². The Hall–Kier alpha value is -0.520. The summed E-state index contributed by atoms with van der Waals surface area (Å²) >= 11 is 0. The SMILES string of the molecule is CC(C)=CC1C=CCCC1. The number of rotatable bonds is 1. The Balaban J connectivity index is 2.48. The van der Waals surface area contributed by atoms with Crippen molar-refractivity contribution < 1.29 is 0 Å². The van der Waals surface area contributed by atoms with Gasteiger partial charge in [0.15, 0.2) is 0 Å². The molecule has 0 aliphatic heterocycles. The molecule has 0 aromatic rings. The molecule has 0 aromatic heterocycles. The van der Waals surface area contributed by atoms with Crippen LogP contribution in [0.25, 0.3) is 0 Å². The van der Waals surface area contributed by atoms with Crippen LogP contribution in [0.2, 0.25) is 0 Å². The van der Waals surface area contributed by atoms with Crippen LogP contribution in [0.3, 0.4) is 0 Å². The van der Waals surface area contributed by atoms with Crippen LogP contribution in [-0.4, -0.2) is 0 Å². The fourth-order valence-corrected chi connectivity index (χ4v) is 1.41. The largest absolute Gasteiger partial charge is 0.0879 e. The third kappa shape index (κ3) is 2.38. The maximum absolute atomic E-state index is 2.36. The third-order valence-electron chi connectivity index (χ3n) is 1.84. The first-order valence-corrected chi connectivity index (χ1v) is 4.11. The lowest BCUT2D eigenvalue weighted by atomic mass is 9.94. The molecule has 0 aromatic carbocycles. The highest BCUT2D eigenvalue weighted by molar-refractivity contribution is 5.07. The minimum atomic E-state index is 0.735. The number of hydrogen-bond acceptors (Lipinski definition) is 0. The van der Waals surface area contributed by atoms with Crippen molar-refractivity contribution in [2.75, 3.05) is 0 Å². The molecule has 0 bridgehead atoms. The van der Waals surface area contributed by atoms with Crippen molar-refractivity contribution in [2.24, 2.45) is 5.92 Å². The van der Waals surface area contributed by atoms with Gasteiger partial charge in [-0.3, -0.25) is 0 Å². The van der Waals surface area contributed by atoms with Gasteiger partial charge in [-0.2, -0.15) is 0 Å². The summed E-state index contributed by atoms with van der Waals surface area (Å²) in [5.74, 6) is 0.735. The molecule has 56 valence electrons. The van der Waals surface area contributed by atoms with Gasteiger partial charge in [0.25, 0.3) is 0 Å². The molecular formula is C10H16. The molecule has 1 aliphatic carbocycles. The van der Waals surface area contributed by atoms with E-state index in [2.05, 4.69) is 32.1 Å². The van der Waals surface area contributed by atoms with Gasteiger partial charge < -0.3 is 0 Å². The first-order valence-electron chi connectivity index (χ1n) is 4.11. The molecule has 0 saturated heterocycles. The predicted molar refractivity (Wildman–Crippen MR) is 45.9 cm³/mol. The minimum Gasteiger partial charge on any atom is -0.0879 e. The summed E-state index contributed by atoms with van der Waals surface area (Å²) in [5.41, 5.74) is 1.44. The molecule has 1 unspecified atom stereocenters. The van der Waals surface area contributed by atoms with Crippen molar-refractivity contribution in [1.82, 2.24) is 0 Å². The second-order valence-corrected chi connectivity index (χ2v) is 3.27. The van der Waals surface area contributed by atoms with E-state index in [1.165, 1.54) is 24.8 Å². The van der Waals surface area contributed by atoms with E-state index in [0.717, 1.165) is 5.92 Å². The fraction of sp³-hybridized carbons (Fsp3) is 0.600. The molecule has 0 fully saturated rings. The fourth-order valence-electron chi connectivity index (χ4n) is 1.41. The molecule has 0 amide bonds. The van der Waals surface area contributed by atoms with Crippen LogP contribution in [-0.2, 0) is 0 Å². The van der Waals surface area contributed by atoms with Gasteiger partial charge in [-0.15, -0.1) is 0 Å². The van der Waals surface area contributed by atoms with Crippen molar-refractivity contribution in [3.8, 4) is 0 Å². The smallest absolute Gasteiger partial charge is 0.00509 e. The van der Waals surface area contributed by atoms with Crippen molar-refractivity contribution in [3.63, 3.8) is 0 Å². The molecule has 0 spiro atoms. The summed E-state index contributed by atoms with van der Waals surface area (Å²) < 4.78 is 0. The highest BCUT2D eigenvalue weighted by Crippen LogP contribution is 2.18. The van der Waals surface area contributed by atoms with Gasteiger partial charge in [0.05, 0.1) is 0 Å². The van der Waals surface area contributed by atoms with E-state index < -0.39 is 0 Å². The van der Waals surface area contributed by atoms with Gasteiger partial charge in [0, 0.05) is 0 Å². The van der Waals surface area contributed by atoms with Gasteiger partial charge >= 0.3 is 0 Å². The van der Waals surface area contributed by atoms with Gasteiger partial charge in [-0.05, 0) is 39.0 Å². The highest BCUT2D eigenvalue weighted by Gasteiger charge is 2.03. The lowest BCUT2D eigenvalue weighted by molar-refractivity contribution is 0.628. The Morgan fingerprint density at radius 2 is 2.30 bits per heavy atom. The Bertz CT molecular complexity index is 147. The van der Waals surface area contributed by atoms with Gasteiger partial charge in [0.2, 0.25) is 0 Å². The first-order chi connectivity index (χ1) is 4.79. The lowest BCUT2D eigenvalue weighted by Gasteiger charge is -2.11. The van der Waals surface area contributed by atoms with Gasteiger partial charge in [0.1, 0.15) is 0 Å². The van der Waals surface area contributed by atoms with Crippen molar-refractivity contribution in [2.45, 2.75) is 33.1 Å². The van der Waals surface area contributed by atoms with Crippen molar-refractivity contribution in [1.29, 1.82) is 0 Å². The van der Waals surface area contributed by atoms with Crippen LogP contribution in [0.5, 0.6) is 0 Å². The minimum absolute atomic E-state index is 0.735. The predicted octanol–water partition coefficient (Wildman–Crippen LogP) is 3.31. The van der Waals surface area contributed by atoms with Crippen LogP contribution in [0.4, 0.5) is 0 Å². The maximum Gasteiger partial charge on any atom is -0.00509 e. The zero-order valence-corrected chi connectivity index (χ0v) is 6.93. The van der Waals surface area contributed by atoms with E-state index in [0.29, 0.717) is 0 Å². The summed E-state index contributed by atoms with van der Waals surface area (Å²) in [5, 5.41) is 0. The number of hydrogen-bond donors (Lipinski definition) is 0. The molecular weight excluding hydrogens is 120 g/mol. The van der Waals surface area contributed by atoms with Gasteiger partial charge in [-0.1, -0.05) is 23.8 Å². The lowest BCUT2D eigenvalue weighted by Crippen LogP contribution is -1.96. The summed E-state index contributed by atoms with van der Waals surface area (Å²) in [6.07, 6.45) is 11.0. The summed E-state index contributed by atoms with van der Waals surface area (Å²) in [6.45, 7) is 4.34. The van der Waals surface area contributed by atoms with Crippen LogP contribution in [0.15, 0.2) is 23.8 Å². The average Bonchev–Trinajstić information content (AvgIpc) is 1.88. The summed E-state index contributed by atoms with van der Waals surface area (Å²) in [4.78, 5) is 0. The standard InChI is InChI=1S/C10H16/c1-9(2)8-10-6-4-3-5-7-10/h4,6,8,10H,3,5,7H2,1-2H3. The molecule has 1 rings (SSSR count). The second kappa shape index (κ2) is 3.60.